The van der Waals surface area contributed by atoms with E-state index in [9.17, 15) is 9.18 Å². The van der Waals surface area contributed by atoms with E-state index >= 15 is 0 Å². The Morgan fingerprint density at radius 2 is 2.55 bits per heavy atom. The summed E-state index contributed by atoms with van der Waals surface area (Å²) < 4.78 is 21.6. The molecule has 1 aliphatic rings. The van der Waals surface area contributed by atoms with Crippen LogP contribution in [0.1, 0.15) is 6.42 Å². The molecule has 0 spiro atoms. The standard InChI is InChI=1S/C6H9FO4/c7-5(6(8)9)11-4-1-2-10-3-4/h4-5H,1-3H2,(H,8,9). The normalized spacial score (nSPS) is 26.8. The molecule has 1 rings (SSSR count). The molecule has 4 nitrogen and oxygen atoms in total. The minimum absolute atomic E-state index is 0.285. The zero-order valence-corrected chi connectivity index (χ0v) is 5.83. The molecular formula is C6H9FO4. The highest BCUT2D eigenvalue weighted by Gasteiger charge is 2.24. The Bertz CT molecular complexity index is 144. The van der Waals surface area contributed by atoms with Crippen molar-refractivity contribution in [3.05, 3.63) is 0 Å². The number of hydrogen-bond donors (Lipinski definition) is 1. The van der Waals surface area contributed by atoms with Crippen LogP contribution in [0, 0.1) is 0 Å². The Morgan fingerprint density at radius 1 is 1.82 bits per heavy atom. The molecule has 0 aromatic rings. The number of alkyl halides is 1. The molecular weight excluding hydrogens is 155 g/mol. The average molecular weight is 164 g/mol. The maximum absolute atomic E-state index is 12.3. The van der Waals surface area contributed by atoms with Crippen molar-refractivity contribution in [2.75, 3.05) is 13.2 Å². The molecule has 1 heterocycles. The number of ether oxygens (including phenoxy) is 2. The predicted molar refractivity (Wildman–Crippen MR) is 32.8 cm³/mol. The molecule has 0 amide bonds. The second-order valence-electron chi connectivity index (χ2n) is 2.28. The van der Waals surface area contributed by atoms with Crippen LogP contribution in [-0.4, -0.2) is 36.8 Å². The van der Waals surface area contributed by atoms with Gasteiger partial charge in [-0.25, -0.2) is 9.18 Å². The van der Waals surface area contributed by atoms with Gasteiger partial charge in [-0.3, -0.25) is 0 Å². The summed E-state index contributed by atoms with van der Waals surface area (Å²) in [5, 5.41) is 8.10. The molecule has 2 atom stereocenters. The third-order valence-electron chi connectivity index (χ3n) is 1.39. The summed E-state index contributed by atoms with van der Waals surface area (Å²) in [6, 6.07) is 0. The lowest BCUT2D eigenvalue weighted by Gasteiger charge is -2.09. The van der Waals surface area contributed by atoms with E-state index in [0.29, 0.717) is 13.0 Å². The van der Waals surface area contributed by atoms with Crippen LogP contribution < -0.4 is 0 Å². The van der Waals surface area contributed by atoms with E-state index in [1.807, 2.05) is 0 Å². The van der Waals surface area contributed by atoms with Crippen LogP contribution in [0.15, 0.2) is 0 Å². The predicted octanol–water partition coefficient (Wildman–Crippen LogP) is 0.172. The van der Waals surface area contributed by atoms with Crippen molar-refractivity contribution in [1.82, 2.24) is 0 Å². The molecule has 0 aromatic carbocycles. The molecule has 11 heavy (non-hydrogen) atoms. The zero-order valence-electron chi connectivity index (χ0n) is 5.83. The highest BCUT2D eigenvalue weighted by molar-refractivity contribution is 5.70. The number of carboxylic acids is 1. The summed E-state index contributed by atoms with van der Waals surface area (Å²) in [5.41, 5.74) is 0. The first-order chi connectivity index (χ1) is 5.20. The van der Waals surface area contributed by atoms with Crippen LogP contribution in [-0.2, 0) is 14.3 Å². The van der Waals surface area contributed by atoms with E-state index in [1.165, 1.54) is 0 Å². The molecule has 0 radical (unpaired) electrons. The molecule has 1 N–H and O–H groups in total. The summed E-state index contributed by atoms with van der Waals surface area (Å²) in [4.78, 5) is 9.95. The first kappa shape index (κ1) is 8.42. The van der Waals surface area contributed by atoms with Gasteiger partial charge in [-0.2, -0.15) is 0 Å². The first-order valence-electron chi connectivity index (χ1n) is 3.30. The molecule has 1 aliphatic heterocycles. The van der Waals surface area contributed by atoms with Gasteiger partial charge in [-0.15, -0.1) is 0 Å². The zero-order chi connectivity index (χ0) is 8.27. The smallest absolute Gasteiger partial charge is 0.366 e. The molecule has 0 aliphatic carbocycles. The average Bonchev–Trinajstić information content (AvgIpc) is 2.39. The molecule has 64 valence electrons. The molecule has 0 aromatic heterocycles. The van der Waals surface area contributed by atoms with E-state index in [0.717, 1.165) is 0 Å². The first-order valence-corrected chi connectivity index (χ1v) is 3.30. The van der Waals surface area contributed by atoms with E-state index in [1.54, 1.807) is 0 Å². The number of carbonyl (C=O) groups is 1. The lowest BCUT2D eigenvalue weighted by Crippen LogP contribution is -2.25. The van der Waals surface area contributed by atoms with Crippen molar-refractivity contribution in [2.45, 2.75) is 18.9 Å². The van der Waals surface area contributed by atoms with Gasteiger partial charge in [0.05, 0.1) is 12.7 Å². The second-order valence-corrected chi connectivity index (χ2v) is 2.28. The van der Waals surface area contributed by atoms with Gasteiger partial charge in [0.1, 0.15) is 0 Å². The fourth-order valence-electron chi connectivity index (χ4n) is 0.847. The monoisotopic (exact) mass is 164 g/mol. The number of rotatable bonds is 3. The lowest BCUT2D eigenvalue weighted by molar-refractivity contribution is -0.169. The third-order valence-corrected chi connectivity index (χ3v) is 1.39. The quantitative estimate of drug-likeness (QED) is 0.646. The number of hydrogen-bond acceptors (Lipinski definition) is 3. The van der Waals surface area contributed by atoms with Gasteiger partial charge in [0.2, 0.25) is 0 Å². The maximum Gasteiger partial charge on any atom is 0.366 e. The molecule has 1 fully saturated rings. The van der Waals surface area contributed by atoms with Crippen LogP contribution in [0.2, 0.25) is 0 Å². The van der Waals surface area contributed by atoms with Crippen molar-refractivity contribution in [3.63, 3.8) is 0 Å². The highest BCUT2D eigenvalue weighted by Crippen LogP contribution is 2.11. The Kier molecular flexibility index (Phi) is 2.78. The molecule has 0 bridgehead atoms. The Morgan fingerprint density at radius 3 is 3.00 bits per heavy atom. The number of halogens is 1. The maximum atomic E-state index is 12.3. The minimum atomic E-state index is -2.22. The number of aliphatic carboxylic acids is 1. The van der Waals surface area contributed by atoms with E-state index in [4.69, 9.17) is 9.84 Å². The Balaban J connectivity index is 2.23. The van der Waals surface area contributed by atoms with Gasteiger partial charge >= 0.3 is 5.97 Å². The van der Waals surface area contributed by atoms with E-state index in [2.05, 4.69) is 4.74 Å². The van der Waals surface area contributed by atoms with Crippen molar-refractivity contribution in [3.8, 4) is 0 Å². The van der Waals surface area contributed by atoms with Crippen molar-refractivity contribution >= 4 is 5.97 Å². The van der Waals surface area contributed by atoms with Gasteiger partial charge in [0.15, 0.2) is 0 Å². The summed E-state index contributed by atoms with van der Waals surface area (Å²) in [7, 11) is 0. The molecule has 1 saturated heterocycles. The summed E-state index contributed by atoms with van der Waals surface area (Å²) >= 11 is 0. The van der Waals surface area contributed by atoms with E-state index < -0.39 is 18.4 Å². The largest absolute Gasteiger partial charge is 0.477 e. The van der Waals surface area contributed by atoms with Gasteiger partial charge < -0.3 is 14.6 Å². The van der Waals surface area contributed by atoms with Crippen LogP contribution >= 0.6 is 0 Å². The van der Waals surface area contributed by atoms with Crippen LogP contribution in [0.4, 0.5) is 4.39 Å². The SMILES string of the molecule is O=C(O)C(F)OC1CCOC1. The van der Waals surface area contributed by atoms with Crippen molar-refractivity contribution in [2.24, 2.45) is 0 Å². The van der Waals surface area contributed by atoms with Crippen LogP contribution in [0.5, 0.6) is 0 Å². The summed E-state index contributed by atoms with van der Waals surface area (Å²) in [6.07, 6.45) is -2.06. The van der Waals surface area contributed by atoms with Gasteiger partial charge in [-0.05, 0) is 6.42 Å². The lowest BCUT2D eigenvalue weighted by atomic mass is 10.3. The van der Waals surface area contributed by atoms with Gasteiger partial charge in [0, 0.05) is 6.61 Å². The minimum Gasteiger partial charge on any atom is -0.477 e. The summed E-state index contributed by atoms with van der Waals surface area (Å²) in [5.74, 6) is -1.59. The van der Waals surface area contributed by atoms with Gasteiger partial charge in [0.25, 0.3) is 6.36 Å². The Hall–Kier alpha value is -0.680. The molecule has 5 heteroatoms. The Labute approximate surface area is 62.9 Å². The highest BCUT2D eigenvalue weighted by atomic mass is 19.1. The third kappa shape index (κ3) is 2.44. The molecule has 0 saturated carbocycles. The van der Waals surface area contributed by atoms with Crippen molar-refractivity contribution < 1.29 is 23.8 Å². The summed E-state index contributed by atoms with van der Waals surface area (Å²) in [6.45, 7) is 0.796. The molecule has 2 unspecified atom stereocenters. The van der Waals surface area contributed by atoms with Crippen molar-refractivity contribution in [1.29, 1.82) is 0 Å². The van der Waals surface area contributed by atoms with Crippen LogP contribution in [0.3, 0.4) is 0 Å². The fourth-order valence-corrected chi connectivity index (χ4v) is 0.847. The number of carboxylic acid groups (broad SMARTS) is 1. The van der Waals surface area contributed by atoms with Crippen LogP contribution in [0.25, 0.3) is 0 Å². The van der Waals surface area contributed by atoms with Gasteiger partial charge in [-0.1, -0.05) is 0 Å². The van der Waals surface area contributed by atoms with E-state index in [-0.39, 0.29) is 6.61 Å². The topological polar surface area (TPSA) is 55.8 Å². The second kappa shape index (κ2) is 3.64. The fraction of sp³-hybridized carbons (Fsp3) is 0.833.